The molecule has 0 fully saturated rings. The minimum absolute atomic E-state index is 0.354. The van der Waals surface area contributed by atoms with Gasteiger partial charge in [-0.3, -0.25) is 4.40 Å². The monoisotopic (exact) mass is 320 g/mol. The van der Waals surface area contributed by atoms with Crippen molar-refractivity contribution in [3.8, 4) is 16.9 Å². The molecule has 0 aliphatic heterocycles. The van der Waals surface area contributed by atoms with Crippen LogP contribution in [0.2, 0.25) is 0 Å². The van der Waals surface area contributed by atoms with Gasteiger partial charge in [-0.25, -0.2) is 15.0 Å². The fourth-order valence-corrected chi connectivity index (χ4v) is 2.41. The van der Waals surface area contributed by atoms with Crippen LogP contribution in [0.25, 0.3) is 16.9 Å². The van der Waals surface area contributed by atoms with E-state index < -0.39 is 5.95 Å². The Morgan fingerprint density at radius 3 is 2.71 bits per heavy atom. The van der Waals surface area contributed by atoms with E-state index in [0.717, 1.165) is 17.0 Å². The lowest BCUT2D eigenvalue weighted by Gasteiger charge is -2.02. The van der Waals surface area contributed by atoms with Gasteiger partial charge in [-0.2, -0.15) is 4.39 Å². The van der Waals surface area contributed by atoms with E-state index in [9.17, 15) is 4.39 Å². The van der Waals surface area contributed by atoms with Crippen molar-refractivity contribution in [3.63, 3.8) is 0 Å². The first kappa shape index (κ1) is 14.3. The SMILES string of the molecule is Fc1cc(-c2cnc3nc(COc4ccccc4)cn3c2)ccn1. The zero-order valence-corrected chi connectivity index (χ0v) is 12.6. The molecule has 3 heterocycles. The summed E-state index contributed by atoms with van der Waals surface area (Å²) in [5.74, 6) is 0.839. The molecule has 24 heavy (non-hydrogen) atoms. The maximum atomic E-state index is 13.3. The summed E-state index contributed by atoms with van der Waals surface area (Å²) < 4.78 is 20.8. The van der Waals surface area contributed by atoms with Crippen LogP contribution in [0.5, 0.6) is 5.75 Å². The van der Waals surface area contributed by atoms with Crippen LogP contribution in [0.15, 0.2) is 67.3 Å². The van der Waals surface area contributed by atoms with Crippen LogP contribution in [0.3, 0.4) is 0 Å². The smallest absolute Gasteiger partial charge is 0.234 e. The molecule has 0 atom stereocenters. The van der Waals surface area contributed by atoms with E-state index >= 15 is 0 Å². The molecule has 118 valence electrons. The summed E-state index contributed by atoms with van der Waals surface area (Å²) in [6.07, 6.45) is 6.81. The largest absolute Gasteiger partial charge is 0.487 e. The van der Waals surface area contributed by atoms with Crippen LogP contribution in [0.4, 0.5) is 4.39 Å². The van der Waals surface area contributed by atoms with E-state index in [1.54, 1.807) is 16.7 Å². The van der Waals surface area contributed by atoms with Crippen LogP contribution in [0.1, 0.15) is 5.69 Å². The van der Waals surface area contributed by atoms with Gasteiger partial charge >= 0.3 is 0 Å². The first-order valence-corrected chi connectivity index (χ1v) is 7.41. The lowest BCUT2D eigenvalue weighted by molar-refractivity contribution is 0.302. The maximum absolute atomic E-state index is 13.3. The molecule has 3 aromatic heterocycles. The number of rotatable bonds is 4. The normalized spacial score (nSPS) is 10.9. The average Bonchev–Trinajstić information content (AvgIpc) is 3.03. The molecule has 0 amide bonds. The molecule has 0 saturated carbocycles. The van der Waals surface area contributed by atoms with Crippen LogP contribution in [-0.4, -0.2) is 19.4 Å². The van der Waals surface area contributed by atoms with E-state index in [0.29, 0.717) is 17.9 Å². The van der Waals surface area contributed by atoms with Gasteiger partial charge < -0.3 is 4.74 Å². The van der Waals surface area contributed by atoms with Gasteiger partial charge in [0.05, 0.1) is 5.69 Å². The van der Waals surface area contributed by atoms with Crippen molar-refractivity contribution in [1.82, 2.24) is 19.4 Å². The molecule has 0 saturated heterocycles. The third kappa shape index (κ3) is 2.94. The highest BCUT2D eigenvalue weighted by Crippen LogP contribution is 2.19. The number of imidazole rings is 1. The van der Waals surface area contributed by atoms with Gasteiger partial charge in [0, 0.05) is 36.4 Å². The van der Waals surface area contributed by atoms with Crippen molar-refractivity contribution >= 4 is 5.78 Å². The standard InChI is InChI=1S/C18H13FN4O/c19-17-8-13(6-7-20-17)14-9-21-18-22-15(11-23(18)10-14)12-24-16-4-2-1-3-5-16/h1-11H,12H2. The number of benzene rings is 1. The summed E-state index contributed by atoms with van der Waals surface area (Å²) in [6.45, 7) is 0.354. The zero-order chi connectivity index (χ0) is 16.4. The Bertz CT molecular complexity index is 985. The van der Waals surface area contributed by atoms with Gasteiger partial charge in [0.2, 0.25) is 11.7 Å². The second kappa shape index (κ2) is 6.08. The molecule has 0 aliphatic rings. The number of nitrogens with zero attached hydrogens (tertiary/aromatic N) is 4. The fraction of sp³-hybridized carbons (Fsp3) is 0.0556. The molecule has 0 radical (unpaired) electrons. The van der Waals surface area contributed by atoms with Crippen LogP contribution in [-0.2, 0) is 6.61 Å². The molecule has 4 rings (SSSR count). The van der Waals surface area contributed by atoms with Gasteiger partial charge in [-0.05, 0) is 23.8 Å². The van der Waals surface area contributed by atoms with E-state index in [4.69, 9.17) is 4.74 Å². The van der Waals surface area contributed by atoms with Crippen LogP contribution >= 0.6 is 0 Å². The molecular formula is C18H13FN4O. The summed E-state index contributed by atoms with van der Waals surface area (Å²) >= 11 is 0. The first-order chi connectivity index (χ1) is 11.8. The van der Waals surface area contributed by atoms with Crippen molar-refractivity contribution in [3.05, 3.63) is 78.9 Å². The highest BCUT2D eigenvalue weighted by Gasteiger charge is 2.07. The molecule has 4 aromatic rings. The number of para-hydroxylation sites is 1. The second-order valence-corrected chi connectivity index (χ2v) is 5.25. The van der Waals surface area contributed by atoms with Gasteiger partial charge in [0.15, 0.2) is 0 Å². The molecule has 1 aromatic carbocycles. The summed E-state index contributed by atoms with van der Waals surface area (Å²) in [4.78, 5) is 12.3. The van der Waals surface area contributed by atoms with Gasteiger partial charge in [0.1, 0.15) is 12.4 Å². The second-order valence-electron chi connectivity index (χ2n) is 5.25. The molecule has 0 aliphatic carbocycles. The van der Waals surface area contributed by atoms with E-state index in [1.165, 1.54) is 12.3 Å². The molecule has 0 unspecified atom stereocenters. The van der Waals surface area contributed by atoms with Crippen LogP contribution in [0, 0.1) is 5.95 Å². The summed E-state index contributed by atoms with van der Waals surface area (Å²) in [5.41, 5.74) is 2.27. The number of pyridine rings is 1. The molecule has 0 bridgehead atoms. The van der Waals surface area contributed by atoms with Crippen molar-refractivity contribution in [2.75, 3.05) is 0 Å². The number of hydrogen-bond acceptors (Lipinski definition) is 4. The van der Waals surface area contributed by atoms with E-state index in [2.05, 4.69) is 15.0 Å². The molecule has 0 N–H and O–H groups in total. The van der Waals surface area contributed by atoms with Crippen molar-refractivity contribution < 1.29 is 9.13 Å². The van der Waals surface area contributed by atoms with Crippen molar-refractivity contribution in [1.29, 1.82) is 0 Å². The molecule has 5 nitrogen and oxygen atoms in total. The first-order valence-electron chi connectivity index (χ1n) is 7.41. The Kier molecular flexibility index (Phi) is 3.63. The zero-order valence-electron chi connectivity index (χ0n) is 12.6. The van der Waals surface area contributed by atoms with Crippen molar-refractivity contribution in [2.45, 2.75) is 6.61 Å². The predicted octanol–water partition coefficient (Wildman–Crippen LogP) is 3.51. The fourth-order valence-electron chi connectivity index (χ4n) is 2.41. The van der Waals surface area contributed by atoms with E-state index in [-0.39, 0.29) is 0 Å². The maximum Gasteiger partial charge on any atom is 0.234 e. The molecule has 0 spiro atoms. The number of ether oxygens (including phenoxy) is 1. The predicted molar refractivity (Wildman–Crippen MR) is 87.0 cm³/mol. The van der Waals surface area contributed by atoms with Crippen LogP contribution < -0.4 is 4.74 Å². The van der Waals surface area contributed by atoms with Gasteiger partial charge in [0.25, 0.3) is 0 Å². The Hall–Kier alpha value is -3.28. The number of aromatic nitrogens is 4. The Morgan fingerprint density at radius 1 is 1.00 bits per heavy atom. The molecular weight excluding hydrogens is 307 g/mol. The summed E-state index contributed by atoms with van der Waals surface area (Å²) in [5, 5.41) is 0. The van der Waals surface area contributed by atoms with Crippen molar-refractivity contribution in [2.24, 2.45) is 0 Å². The Labute approximate surface area is 137 Å². The lowest BCUT2D eigenvalue weighted by atomic mass is 10.1. The highest BCUT2D eigenvalue weighted by atomic mass is 19.1. The van der Waals surface area contributed by atoms with Gasteiger partial charge in [-0.1, -0.05) is 18.2 Å². The number of hydrogen-bond donors (Lipinski definition) is 0. The Morgan fingerprint density at radius 2 is 1.88 bits per heavy atom. The number of halogens is 1. The third-order valence-corrected chi connectivity index (χ3v) is 3.55. The minimum Gasteiger partial charge on any atom is -0.487 e. The Balaban J connectivity index is 1.59. The topological polar surface area (TPSA) is 52.3 Å². The average molecular weight is 320 g/mol. The quantitative estimate of drug-likeness (QED) is 0.540. The summed E-state index contributed by atoms with van der Waals surface area (Å²) in [7, 11) is 0. The molecule has 6 heteroatoms. The van der Waals surface area contributed by atoms with E-state index in [1.807, 2.05) is 42.7 Å². The lowest BCUT2D eigenvalue weighted by Crippen LogP contribution is -1.94. The highest BCUT2D eigenvalue weighted by molar-refractivity contribution is 5.61. The summed E-state index contributed by atoms with van der Waals surface area (Å²) in [6, 6.07) is 12.7. The number of fused-ring (bicyclic) bond motifs is 1. The minimum atomic E-state index is -0.518. The third-order valence-electron chi connectivity index (χ3n) is 3.55. The van der Waals surface area contributed by atoms with Gasteiger partial charge in [-0.15, -0.1) is 0 Å².